The number of rotatable bonds is 10. The topological polar surface area (TPSA) is 58.1 Å². The molecule has 0 aromatic heterocycles. The van der Waals surface area contributed by atoms with Crippen LogP contribution in [0.2, 0.25) is 0 Å². The first-order valence-electron chi connectivity index (χ1n) is 12.0. The minimum Gasteiger partial charge on any atom is -0.385 e. The molecule has 6 nitrogen and oxygen atoms in total. The van der Waals surface area contributed by atoms with E-state index >= 15 is 0 Å². The fourth-order valence-electron chi connectivity index (χ4n) is 5.27. The van der Waals surface area contributed by atoms with Crippen molar-refractivity contribution in [3.8, 4) is 0 Å². The van der Waals surface area contributed by atoms with Crippen LogP contribution in [-0.2, 0) is 9.47 Å². The third-order valence-corrected chi connectivity index (χ3v) is 7.38. The molecule has 0 radical (unpaired) electrons. The third kappa shape index (κ3) is 6.83. The Kier molecular flexibility index (Phi) is 9.07. The Morgan fingerprint density at radius 2 is 1.72 bits per heavy atom. The predicted octanol–water partition coefficient (Wildman–Crippen LogP) is 3.03. The van der Waals surface area contributed by atoms with E-state index in [1.165, 1.54) is 57.9 Å². The molecule has 1 saturated heterocycles. The maximum absolute atomic E-state index is 5.56. The molecule has 0 atom stereocenters. The minimum absolute atomic E-state index is 0.335. The highest BCUT2D eigenvalue weighted by molar-refractivity contribution is 5.79. The number of hydrogen-bond acceptors (Lipinski definition) is 4. The highest BCUT2D eigenvalue weighted by Crippen LogP contribution is 2.43. The molecule has 3 rings (SSSR count). The van der Waals surface area contributed by atoms with Gasteiger partial charge in [0, 0.05) is 58.4 Å². The highest BCUT2D eigenvalue weighted by Gasteiger charge is 2.37. The number of hydrogen-bond donors (Lipinski definition) is 2. The van der Waals surface area contributed by atoms with Crippen molar-refractivity contribution in [2.45, 2.75) is 64.7 Å². The summed E-state index contributed by atoms with van der Waals surface area (Å²) in [5.74, 6) is 1.00. The molecule has 29 heavy (non-hydrogen) atoms. The zero-order chi connectivity index (χ0) is 20.4. The molecule has 168 valence electrons. The Morgan fingerprint density at radius 1 is 1.00 bits per heavy atom. The second kappa shape index (κ2) is 11.5. The van der Waals surface area contributed by atoms with Crippen molar-refractivity contribution >= 4 is 5.96 Å². The zero-order valence-corrected chi connectivity index (χ0v) is 18.9. The first kappa shape index (κ1) is 22.8. The van der Waals surface area contributed by atoms with Gasteiger partial charge in [-0.2, -0.15) is 0 Å². The van der Waals surface area contributed by atoms with E-state index in [-0.39, 0.29) is 0 Å². The van der Waals surface area contributed by atoms with Gasteiger partial charge in [0.2, 0.25) is 0 Å². The molecule has 2 aliphatic carbocycles. The van der Waals surface area contributed by atoms with Gasteiger partial charge < -0.3 is 20.1 Å². The fourth-order valence-corrected chi connectivity index (χ4v) is 5.27. The van der Waals surface area contributed by atoms with Gasteiger partial charge in [-0.15, -0.1) is 0 Å². The van der Waals surface area contributed by atoms with E-state index in [1.54, 1.807) is 0 Å². The van der Waals surface area contributed by atoms with E-state index in [2.05, 4.69) is 22.5 Å². The molecule has 0 amide bonds. The van der Waals surface area contributed by atoms with Crippen LogP contribution in [0.5, 0.6) is 0 Å². The Bertz CT molecular complexity index is 495. The standard InChI is InChI=1S/C23H44N4O2/c1-3-24-21(25-18-22(10-7-11-22)12-15-28-2)26-19-23(8-5-4-6-9-23)20-27-13-16-29-17-14-27/h3-20H2,1-2H3,(H2,24,25,26). The monoisotopic (exact) mass is 408 g/mol. The van der Waals surface area contributed by atoms with Crippen LogP contribution in [0.25, 0.3) is 0 Å². The van der Waals surface area contributed by atoms with Crippen LogP contribution < -0.4 is 10.6 Å². The molecule has 0 aromatic rings. The van der Waals surface area contributed by atoms with E-state index < -0.39 is 0 Å². The van der Waals surface area contributed by atoms with Gasteiger partial charge >= 0.3 is 0 Å². The third-order valence-electron chi connectivity index (χ3n) is 7.38. The van der Waals surface area contributed by atoms with Gasteiger partial charge in [0.15, 0.2) is 5.96 Å². The summed E-state index contributed by atoms with van der Waals surface area (Å²) in [5.41, 5.74) is 0.741. The summed E-state index contributed by atoms with van der Waals surface area (Å²) in [6.07, 6.45) is 11.8. The number of ether oxygens (including phenoxy) is 2. The first-order chi connectivity index (χ1) is 14.2. The molecular weight excluding hydrogens is 364 g/mol. The second-order valence-corrected chi connectivity index (χ2v) is 9.59. The van der Waals surface area contributed by atoms with Gasteiger partial charge in [-0.1, -0.05) is 25.7 Å². The van der Waals surface area contributed by atoms with Crippen molar-refractivity contribution in [3.05, 3.63) is 0 Å². The minimum atomic E-state index is 0.335. The lowest BCUT2D eigenvalue weighted by Gasteiger charge is -2.43. The van der Waals surface area contributed by atoms with Crippen LogP contribution in [0.3, 0.4) is 0 Å². The van der Waals surface area contributed by atoms with Crippen molar-refractivity contribution in [1.82, 2.24) is 15.5 Å². The van der Waals surface area contributed by atoms with Gasteiger partial charge in [0.1, 0.15) is 0 Å². The molecule has 0 unspecified atom stereocenters. The Labute approximate surface area is 178 Å². The summed E-state index contributed by atoms with van der Waals surface area (Å²) in [4.78, 5) is 7.73. The molecule has 2 saturated carbocycles. The van der Waals surface area contributed by atoms with Gasteiger partial charge in [-0.3, -0.25) is 9.89 Å². The molecule has 1 heterocycles. The van der Waals surface area contributed by atoms with Crippen molar-refractivity contribution in [3.63, 3.8) is 0 Å². The molecule has 3 fully saturated rings. The molecule has 0 bridgehead atoms. The van der Waals surface area contributed by atoms with Gasteiger partial charge in [0.25, 0.3) is 0 Å². The molecule has 6 heteroatoms. The van der Waals surface area contributed by atoms with Crippen molar-refractivity contribution in [2.24, 2.45) is 15.8 Å². The van der Waals surface area contributed by atoms with Gasteiger partial charge in [-0.25, -0.2) is 0 Å². The highest BCUT2D eigenvalue weighted by atomic mass is 16.5. The van der Waals surface area contributed by atoms with Crippen LogP contribution in [0.4, 0.5) is 0 Å². The Balaban J connectivity index is 1.59. The second-order valence-electron chi connectivity index (χ2n) is 9.59. The van der Waals surface area contributed by atoms with Crippen LogP contribution >= 0.6 is 0 Å². The molecule has 0 spiro atoms. The number of aliphatic imine (C=N–C) groups is 1. The molecular formula is C23H44N4O2. The first-order valence-corrected chi connectivity index (χ1v) is 12.0. The quantitative estimate of drug-likeness (QED) is 0.430. The summed E-state index contributed by atoms with van der Waals surface area (Å²) in [5, 5.41) is 7.18. The maximum Gasteiger partial charge on any atom is 0.191 e. The van der Waals surface area contributed by atoms with Crippen LogP contribution in [0, 0.1) is 10.8 Å². The number of morpholine rings is 1. The van der Waals surface area contributed by atoms with Gasteiger partial charge in [0.05, 0.1) is 13.2 Å². The zero-order valence-electron chi connectivity index (χ0n) is 18.9. The molecule has 0 aromatic carbocycles. The fraction of sp³-hybridized carbons (Fsp3) is 0.957. The summed E-state index contributed by atoms with van der Waals surface area (Å²) in [7, 11) is 1.81. The average molecular weight is 409 g/mol. The van der Waals surface area contributed by atoms with Crippen molar-refractivity contribution in [1.29, 1.82) is 0 Å². The number of methoxy groups -OCH3 is 1. The number of nitrogens with zero attached hydrogens (tertiary/aromatic N) is 2. The SMILES string of the molecule is CCNC(=NCC1(CN2CCOCC2)CCCCC1)NCC1(CCOC)CCC1. The summed E-state index contributed by atoms with van der Waals surface area (Å²) < 4.78 is 10.9. The average Bonchev–Trinajstić information content (AvgIpc) is 2.72. The van der Waals surface area contributed by atoms with Gasteiger partial charge in [-0.05, 0) is 44.4 Å². The van der Waals surface area contributed by atoms with E-state index in [0.717, 1.165) is 64.9 Å². The smallest absolute Gasteiger partial charge is 0.191 e. The van der Waals surface area contributed by atoms with Crippen molar-refractivity contribution < 1.29 is 9.47 Å². The van der Waals surface area contributed by atoms with E-state index in [9.17, 15) is 0 Å². The predicted molar refractivity (Wildman–Crippen MR) is 120 cm³/mol. The Hall–Kier alpha value is -0.850. The lowest BCUT2D eigenvalue weighted by atomic mass is 9.67. The van der Waals surface area contributed by atoms with Crippen LogP contribution in [-0.4, -0.2) is 77.1 Å². The van der Waals surface area contributed by atoms with Crippen molar-refractivity contribution in [2.75, 3.05) is 66.2 Å². The summed E-state index contributed by atoms with van der Waals surface area (Å²) >= 11 is 0. The van der Waals surface area contributed by atoms with Crippen LogP contribution in [0.1, 0.15) is 64.7 Å². The van der Waals surface area contributed by atoms with Crippen LogP contribution in [0.15, 0.2) is 4.99 Å². The summed E-state index contributed by atoms with van der Waals surface area (Å²) in [6.45, 7) is 11.0. The molecule has 3 aliphatic rings. The maximum atomic E-state index is 5.56. The molecule has 1 aliphatic heterocycles. The Morgan fingerprint density at radius 3 is 2.34 bits per heavy atom. The molecule has 2 N–H and O–H groups in total. The number of nitrogens with one attached hydrogen (secondary N) is 2. The van der Waals surface area contributed by atoms with E-state index in [4.69, 9.17) is 14.5 Å². The normalized spacial score (nSPS) is 24.7. The number of guanidine groups is 1. The van der Waals surface area contributed by atoms with E-state index in [0.29, 0.717) is 10.8 Å². The lowest BCUT2D eigenvalue weighted by Crippen LogP contribution is -2.48. The van der Waals surface area contributed by atoms with E-state index in [1.807, 2.05) is 7.11 Å². The largest absolute Gasteiger partial charge is 0.385 e. The lowest BCUT2D eigenvalue weighted by molar-refractivity contribution is 0.00936. The summed E-state index contributed by atoms with van der Waals surface area (Å²) in [6, 6.07) is 0.